The molecule has 0 spiro atoms. The lowest BCUT2D eigenvalue weighted by atomic mass is 9.93. The Balaban J connectivity index is 1.18. The van der Waals surface area contributed by atoms with Crippen LogP contribution in [0.15, 0.2) is 35.3 Å². The molecule has 3 fully saturated rings. The molecule has 7 rings (SSSR count). The number of carbonyl (C=O) groups is 1. The Bertz CT molecular complexity index is 1690. The van der Waals surface area contributed by atoms with E-state index in [4.69, 9.17) is 31.8 Å². The third kappa shape index (κ3) is 5.72. The standard InChI is InChI=1S/C33H32ClF3N4O3/c1-16-15-43-31-22(16)12-25(41-30(31)21-6-7-24(35)27(34)28(21)36)23(17-2-3-17)14-39-32(42)18-10-19(13-40-33(37)8-9-33)29(38)26(11-18)44-20-4-5-20/h6-7,10-13,16-17,20,23H,2-5,8-9,14-15,38H2,1H3,(H,39,42)/b40-13+. The highest BCUT2D eigenvalue weighted by molar-refractivity contribution is 6.31. The molecule has 1 aliphatic heterocycles. The van der Waals surface area contributed by atoms with E-state index in [1.165, 1.54) is 12.3 Å². The van der Waals surface area contributed by atoms with E-state index >= 15 is 4.39 Å². The molecule has 230 valence electrons. The van der Waals surface area contributed by atoms with Crippen LogP contribution in [0, 0.1) is 17.6 Å². The Kier molecular flexibility index (Phi) is 7.22. The van der Waals surface area contributed by atoms with Crippen LogP contribution in [0.2, 0.25) is 5.02 Å². The first-order chi connectivity index (χ1) is 21.1. The molecule has 7 nitrogen and oxygen atoms in total. The van der Waals surface area contributed by atoms with Crippen LogP contribution in [0.1, 0.15) is 84.5 Å². The molecule has 2 unspecified atom stereocenters. The van der Waals surface area contributed by atoms with E-state index in [0.717, 1.165) is 37.3 Å². The summed E-state index contributed by atoms with van der Waals surface area (Å²) in [5.74, 6) is -2.67. The van der Waals surface area contributed by atoms with Gasteiger partial charge in [0, 0.05) is 65.4 Å². The van der Waals surface area contributed by atoms with Gasteiger partial charge in [-0.05, 0) is 61.9 Å². The maximum absolute atomic E-state index is 15.2. The van der Waals surface area contributed by atoms with Gasteiger partial charge in [0.05, 0.1) is 18.4 Å². The van der Waals surface area contributed by atoms with Crippen molar-refractivity contribution >= 4 is 29.4 Å². The van der Waals surface area contributed by atoms with Crippen LogP contribution in [0.4, 0.5) is 18.9 Å². The van der Waals surface area contributed by atoms with Gasteiger partial charge in [-0.15, -0.1) is 0 Å². The molecular weight excluding hydrogens is 593 g/mol. The first kappa shape index (κ1) is 29.0. The second-order valence-corrected chi connectivity index (χ2v) is 12.8. The average molecular weight is 625 g/mol. The number of nitrogen functional groups attached to an aromatic ring is 1. The fraction of sp³-hybridized carbons (Fsp3) is 0.424. The zero-order valence-electron chi connectivity index (χ0n) is 24.1. The molecule has 3 saturated carbocycles. The molecule has 4 aliphatic rings. The lowest BCUT2D eigenvalue weighted by Crippen LogP contribution is -2.30. The highest BCUT2D eigenvalue weighted by Gasteiger charge is 2.42. The van der Waals surface area contributed by atoms with Crippen LogP contribution >= 0.6 is 11.6 Å². The molecule has 11 heteroatoms. The van der Waals surface area contributed by atoms with Gasteiger partial charge in [-0.1, -0.05) is 18.5 Å². The van der Waals surface area contributed by atoms with Gasteiger partial charge in [-0.3, -0.25) is 9.79 Å². The van der Waals surface area contributed by atoms with E-state index in [0.29, 0.717) is 53.5 Å². The Morgan fingerprint density at radius 2 is 2.02 bits per heavy atom. The molecule has 3 aromatic rings. The summed E-state index contributed by atoms with van der Waals surface area (Å²) in [5, 5.41) is 2.44. The number of ether oxygens (including phenoxy) is 2. The maximum Gasteiger partial charge on any atom is 0.251 e. The fourth-order valence-electron chi connectivity index (χ4n) is 5.55. The minimum atomic E-state index is -1.56. The number of nitrogens with two attached hydrogens (primary N) is 1. The van der Waals surface area contributed by atoms with Crippen LogP contribution in [0.3, 0.4) is 0 Å². The number of benzene rings is 2. The highest BCUT2D eigenvalue weighted by Crippen LogP contribution is 2.47. The number of pyridine rings is 1. The van der Waals surface area contributed by atoms with Crippen LogP contribution in [-0.4, -0.2) is 42.2 Å². The van der Waals surface area contributed by atoms with E-state index in [-0.39, 0.29) is 47.6 Å². The quantitative estimate of drug-likeness (QED) is 0.108. The van der Waals surface area contributed by atoms with Gasteiger partial charge in [0.2, 0.25) is 0 Å². The number of nitrogens with one attached hydrogen (secondary N) is 1. The third-order valence-electron chi connectivity index (χ3n) is 8.73. The summed E-state index contributed by atoms with van der Waals surface area (Å²) in [6, 6.07) is 7.61. The zero-order chi connectivity index (χ0) is 30.7. The molecule has 1 amide bonds. The van der Waals surface area contributed by atoms with Crippen molar-refractivity contribution in [3.63, 3.8) is 0 Å². The van der Waals surface area contributed by atoms with E-state index < -0.39 is 22.4 Å². The number of rotatable bonds is 10. The Morgan fingerprint density at radius 1 is 1.25 bits per heavy atom. The van der Waals surface area contributed by atoms with Crippen LogP contribution < -0.4 is 20.5 Å². The zero-order valence-corrected chi connectivity index (χ0v) is 24.9. The summed E-state index contributed by atoms with van der Waals surface area (Å²) in [6.07, 6.45) is 5.89. The molecule has 2 heterocycles. The van der Waals surface area contributed by atoms with Crippen molar-refractivity contribution in [3.8, 4) is 22.8 Å². The average Bonchev–Trinajstić information content (AvgIpc) is 3.90. The fourth-order valence-corrected chi connectivity index (χ4v) is 5.72. The smallest absolute Gasteiger partial charge is 0.251 e. The maximum atomic E-state index is 15.2. The molecule has 2 atom stereocenters. The largest absolute Gasteiger partial charge is 0.490 e. The lowest BCUT2D eigenvalue weighted by Gasteiger charge is -2.20. The van der Waals surface area contributed by atoms with Crippen molar-refractivity contribution in [1.29, 1.82) is 0 Å². The normalized spacial score (nSPS) is 20.7. The van der Waals surface area contributed by atoms with Crippen molar-refractivity contribution < 1.29 is 27.4 Å². The number of hydrogen-bond donors (Lipinski definition) is 2. The summed E-state index contributed by atoms with van der Waals surface area (Å²) in [5.41, 5.74) is 9.29. The summed E-state index contributed by atoms with van der Waals surface area (Å²) < 4.78 is 55.3. The molecule has 3 aliphatic carbocycles. The first-order valence-electron chi connectivity index (χ1n) is 15.0. The predicted octanol–water partition coefficient (Wildman–Crippen LogP) is 7.10. The molecule has 0 saturated heterocycles. The lowest BCUT2D eigenvalue weighted by molar-refractivity contribution is 0.0949. The number of fused-ring (bicyclic) bond motifs is 1. The first-order valence-corrected chi connectivity index (χ1v) is 15.4. The number of amides is 1. The van der Waals surface area contributed by atoms with Crippen LogP contribution in [0.25, 0.3) is 11.3 Å². The second kappa shape index (κ2) is 11.0. The number of halogens is 4. The number of carbonyl (C=O) groups excluding carboxylic acids is 1. The molecular formula is C33H32ClF3N4O3. The molecule has 0 radical (unpaired) electrons. The van der Waals surface area contributed by atoms with E-state index in [1.807, 2.05) is 13.0 Å². The SMILES string of the molecule is CC1COc2c1cc(C(CNC(=O)c1cc(/C=N/C3(F)CC3)c(N)c(OC3CC3)c1)C1CC1)nc2-c1ccc(F)c(Cl)c1F. The number of alkyl halides is 1. The number of aromatic nitrogens is 1. The number of hydrogen-bond acceptors (Lipinski definition) is 6. The summed E-state index contributed by atoms with van der Waals surface area (Å²) >= 11 is 5.92. The van der Waals surface area contributed by atoms with Crippen LogP contribution in [-0.2, 0) is 0 Å². The van der Waals surface area contributed by atoms with Gasteiger partial charge in [0.15, 0.2) is 11.6 Å². The monoisotopic (exact) mass is 624 g/mol. The summed E-state index contributed by atoms with van der Waals surface area (Å²) in [6.45, 7) is 2.70. The van der Waals surface area contributed by atoms with Gasteiger partial charge in [0.25, 0.3) is 5.91 Å². The highest BCUT2D eigenvalue weighted by atomic mass is 35.5. The van der Waals surface area contributed by atoms with Gasteiger partial charge in [0.1, 0.15) is 28.0 Å². The predicted molar refractivity (Wildman–Crippen MR) is 161 cm³/mol. The Labute approximate surface area is 258 Å². The molecule has 1 aromatic heterocycles. The topological polar surface area (TPSA) is 98.8 Å². The van der Waals surface area contributed by atoms with Crippen molar-refractivity contribution in [3.05, 3.63) is 69.4 Å². The number of anilines is 1. The summed E-state index contributed by atoms with van der Waals surface area (Å²) in [7, 11) is 0. The van der Waals surface area contributed by atoms with Crippen molar-refractivity contribution in [1.82, 2.24) is 10.3 Å². The van der Waals surface area contributed by atoms with E-state index in [2.05, 4.69) is 10.3 Å². The molecule has 44 heavy (non-hydrogen) atoms. The third-order valence-corrected chi connectivity index (χ3v) is 9.07. The minimum absolute atomic E-state index is 0.0396. The van der Waals surface area contributed by atoms with Gasteiger partial charge < -0.3 is 20.5 Å². The second-order valence-electron chi connectivity index (χ2n) is 12.4. The van der Waals surface area contributed by atoms with Crippen molar-refractivity contribution in [2.75, 3.05) is 18.9 Å². The minimum Gasteiger partial charge on any atom is -0.490 e. The van der Waals surface area contributed by atoms with Crippen LogP contribution in [0.5, 0.6) is 11.5 Å². The van der Waals surface area contributed by atoms with Gasteiger partial charge in [-0.25, -0.2) is 18.2 Å². The molecule has 0 bridgehead atoms. The van der Waals surface area contributed by atoms with Gasteiger partial charge in [-0.2, -0.15) is 0 Å². The number of aliphatic imine (C=N–C) groups is 1. The van der Waals surface area contributed by atoms with E-state index in [1.54, 1.807) is 12.1 Å². The van der Waals surface area contributed by atoms with Crippen molar-refractivity contribution in [2.24, 2.45) is 10.9 Å². The van der Waals surface area contributed by atoms with Gasteiger partial charge >= 0.3 is 0 Å². The van der Waals surface area contributed by atoms with E-state index in [9.17, 15) is 13.6 Å². The number of nitrogens with zero attached hydrogens (tertiary/aromatic N) is 2. The molecule has 2 aromatic carbocycles. The molecule has 3 N–H and O–H groups in total. The Hall–Kier alpha value is -3.79. The van der Waals surface area contributed by atoms with Crippen molar-refractivity contribution in [2.45, 2.75) is 69.2 Å². The Morgan fingerprint density at radius 3 is 2.73 bits per heavy atom. The summed E-state index contributed by atoms with van der Waals surface area (Å²) in [4.78, 5) is 22.4.